The Bertz CT molecular complexity index is 132. The highest BCUT2D eigenvalue weighted by atomic mass is 35.5. The second-order valence-electron chi connectivity index (χ2n) is 3.08. The first-order chi connectivity index (χ1) is 5.68. The van der Waals surface area contributed by atoms with Crippen molar-refractivity contribution in [2.45, 2.75) is 25.8 Å². The van der Waals surface area contributed by atoms with E-state index in [4.69, 9.17) is 16.7 Å². The van der Waals surface area contributed by atoms with Gasteiger partial charge in [0.05, 0.1) is 6.61 Å². The predicted molar refractivity (Wildman–Crippen MR) is 53.6 cm³/mol. The molecule has 3 heteroatoms. The minimum atomic E-state index is -0.156. The number of hydrogen-bond donors (Lipinski definition) is 2. The number of aliphatic hydroxyl groups excluding tert-OH is 1. The third-order valence-corrected chi connectivity index (χ3v) is 2.21. The molecule has 2 nitrogen and oxygen atoms in total. The van der Waals surface area contributed by atoms with Crippen molar-refractivity contribution in [1.82, 2.24) is 5.32 Å². The van der Waals surface area contributed by atoms with E-state index in [2.05, 4.69) is 12.2 Å². The highest BCUT2D eigenvalue weighted by Gasteiger charge is 2.18. The maximum absolute atomic E-state index is 9.03. The average molecular weight is 192 g/mol. The number of nitrogens with one attached hydrogen (secondary N) is 1. The first-order valence-electron chi connectivity index (χ1n) is 4.25. The fourth-order valence-corrected chi connectivity index (χ4v) is 0.870. The summed E-state index contributed by atoms with van der Waals surface area (Å²) in [6, 6.07) is 0. The highest BCUT2D eigenvalue weighted by molar-refractivity contribution is 6.18. The zero-order chi connectivity index (χ0) is 9.45. The van der Waals surface area contributed by atoms with Crippen molar-refractivity contribution in [2.75, 3.05) is 19.0 Å². The molecule has 0 aromatic rings. The maximum atomic E-state index is 9.03. The van der Waals surface area contributed by atoms with Crippen LogP contribution in [0.2, 0.25) is 0 Å². The van der Waals surface area contributed by atoms with Crippen LogP contribution in [0.3, 0.4) is 0 Å². The Hall–Kier alpha value is -0.0500. The quantitative estimate of drug-likeness (QED) is 0.493. The van der Waals surface area contributed by atoms with Crippen molar-refractivity contribution in [3.63, 3.8) is 0 Å². The van der Waals surface area contributed by atoms with E-state index in [9.17, 15) is 0 Å². The summed E-state index contributed by atoms with van der Waals surface area (Å²) in [5.41, 5.74) is -0.156. The molecule has 12 heavy (non-hydrogen) atoms. The van der Waals surface area contributed by atoms with Crippen LogP contribution in [0.1, 0.15) is 20.3 Å². The smallest absolute Gasteiger partial charge is 0.0610 e. The van der Waals surface area contributed by atoms with Crippen molar-refractivity contribution in [3.05, 3.63) is 12.2 Å². The van der Waals surface area contributed by atoms with Gasteiger partial charge in [0.1, 0.15) is 0 Å². The summed E-state index contributed by atoms with van der Waals surface area (Å²) in [5, 5.41) is 12.3. The van der Waals surface area contributed by atoms with E-state index in [1.807, 2.05) is 19.1 Å². The molecule has 0 heterocycles. The SMILES string of the molecule is CCC(C)(CO)NC/C=C/CCl. The molecule has 0 spiro atoms. The van der Waals surface area contributed by atoms with Crippen LogP contribution < -0.4 is 5.32 Å². The minimum absolute atomic E-state index is 0.156. The standard InChI is InChI=1S/C9H18ClNO/c1-3-9(2,8-12)11-7-5-4-6-10/h4-5,11-12H,3,6-8H2,1-2H3/b5-4+. The molecule has 0 fully saturated rings. The van der Waals surface area contributed by atoms with Crippen LogP contribution in [0.15, 0.2) is 12.2 Å². The normalized spacial score (nSPS) is 16.7. The third-order valence-electron chi connectivity index (χ3n) is 2.03. The van der Waals surface area contributed by atoms with Crippen molar-refractivity contribution in [1.29, 1.82) is 0 Å². The lowest BCUT2D eigenvalue weighted by molar-refractivity contribution is 0.174. The van der Waals surface area contributed by atoms with Gasteiger partial charge in [-0.25, -0.2) is 0 Å². The second kappa shape index (κ2) is 6.46. The van der Waals surface area contributed by atoms with Crippen LogP contribution in [0.5, 0.6) is 0 Å². The Morgan fingerprint density at radius 2 is 2.17 bits per heavy atom. The highest BCUT2D eigenvalue weighted by Crippen LogP contribution is 2.06. The molecular weight excluding hydrogens is 174 g/mol. The molecule has 0 rings (SSSR count). The van der Waals surface area contributed by atoms with E-state index in [-0.39, 0.29) is 12.1 Å². The predicted octanol–water partition coefficient (Wildman–Crippen LogP) is 1.53. The molecule has 0 aromatic heterocycles. The molecule has 0 amide bonds. The number of allylic oxidation sites excluding steroid dienone is 1. The molecule has 1 unspecified atom stereocenters. The van der Waals surface area contributed by atoms with E-state index in [1.165, 1.54) is 0 Å². The van der Waals surface area contributed by atoms with Gasteiger partial charge in [-0.3, -0.25) is 0 Å². The molecule has 0 radical (unpaired) electrons. The van der Waals surface area contributed by atoms with Crippen LogP contribution in [-0.4, -0.2) is 29.7 Å². The molecule has 0 aliphatic carbocycles. The molecule has 1 atom stereocenters. The number of halogens is 1. The minimum Gasteiger partial charge on any atom is -0.394 e. The summed E-state index contributed by atoms with van der Waals surface area (Å²) < 4.78 is 0. The lowest BCUT2D eigenvalue weighted by Gasteiger charge is -2.26. The topological polar surface area (TPSA) is 32.3 Å². The van der Waals surface area contributed by atoms with Crippen LogP contribution in [0.4, 0.5) is 0 Å². The first-order valence-corrected chi connectivity index (χ1v) is 4.79. The van der Waals surface area contributed by atoms with E-state index in [1.54, 1.807) is 0 Å². The van der Waals surface area contributed by atoms with Crippen molar-refractivity contribution < 1.29 is 5.11 Å². The van der Waals surface area contributed by atoms with E-state index >= 15 is 0 Å². The molecular formula is C9H18ClNO. The largest absolute Gasteiger partial charge is 0.394 e. The van der Waals surface area contributed by atoms with Gasteiger partial charge in [-0.1, -0.05) is 19.1 Å². The summed E-state index contributed by atoms with van der Waals surface area (Å²) in [6.07, 6.45) is 4.77. The molecule has 2 N–H and O–H groups in total. The Kier molecular flexibility index (Phi) is 6.44. The molecule has 0 aliphatic rings. The number of alkyl halides is 1. The van der Waals surface area contributed by atoms with Crippen LogP contribution in [0, 0.1) is 0 Å². The van der Waals surface area contributed by atoms with Gasteiger partial charge < -0.3 is 10.4 Å². The summed E-state index contributed by atoms with van der Waals surface area (Å²) in [6.45, 7) is 4.98. The Morgan fingerprint density at radius 1 is 1.50 bits per heavy atom. The van der Waals surface area contributed by atoms with E-state index < -0.39 is 0 Å². The summed E-state index contributed by atoms with van der Waals surface area (Å²) in [4.78, 5) is 0. The monoisotopic (exact) mass is 191 g/mol. The Balaban J connectivity index is 3.65. The molecule has 0 aliphatic heterocycles. The molecule has 0 bridgehead atoms. The number of aliphatic hydroxyl groups is 1. The lowest BCUT2D eigenvalue weighted by Crippen LogP contribution is -2.45. The fourth-order valence-electron chi connectivity index (χ4n) is 0.744. The van der Waals surface area contributed by atoms with Gasteiger partial charge in [-0.2, -0.15) is 0 Å². The Labute approximate surface area is 79.6 Å². The van der Waals surface area contributed by atoms with Gasteiger partial charge in [0.25, 0.3) is 0 Å². The van der Waals surface area contributed by atoms with Crippen LogP contribution >= 0.6 is 11.6 Å². The lowest BCUT2D eigenvalue weighted by atomic mass is 10.0. The zero-order valence-corrected chi connectivity index (χ0v) is 8.56. The fraction of sp³-hybridized carbons (Fsp3) is 0.778. The summed E-state index contributed by atoms with van der Waals surface area (Å²) in [7, 11) is 0. The van der Waals surface area contributed by atoms with Gasteiger partial charge in [0.2, 0.25) is 0 Å². The average Bonchev–Trinajstić information content (AvgIpc) is 2.12. The molecule has 0 aromatic carbocycles. The zero-order valence-electron chi connectivity index (χ0n) is 7.81. The second-order valence-corrected chi connectivity index (χ2v) is 3.39. The van der Waals surface area contributed by atoms with Crippen LogP contribution in [0.25, 0.3) is 0 Å². The van der Waals surface area contributed by atoms with Crippen molar-refractivity contribution in [3.8, 4) is 0 Å². The van der Waals surface area contributed by atoms with Gasteiger partial charge in [-0.15, -0.1) is 11.6 Å². The van der Waals surface area contributed by atoms with Crippen molar-refractivity contribution >= 4 is 11.6 Å². The van der Waals surface area contributed by atoms with Gasteiger partial charge in [0.15, 0.2) is 0 Å². The van der Waals surface area contributed by atoms with Crippen molar-refractivity contribution in [2.24, 2.45) is 0 Å². The summed E-state index contributed by atoms with van der Waals surface area (Å²) >= 11 is 5.46. The number of hydrogen-bond acceptors (Lipinski definition) is 2. The molecule has 0 saturated heterocycles. The maximum Gasteiger partial charge on any atom is 0.0610 e. The van der Waals surface area contributed by atoms with Gasteiger partial charge in [-0.05, 0) is 13.3 Å². The summed E-state index contributed by atoms with van der Waals surface area (Å²) in [5.74, 6) is 0.545. The molecule has 0 saturated carbocycles. The van der Waals surface area contributed by atoms with E-state index in [0.29, 0.717) is 5.88 Å². The van der Waals surface area contributed by atoms with Gasteiger partial charge in [0, 0.05) is 18.0 Å². The van der Waals surface area contributed by atoms with Gasteiger partial charge >= 0.3 is 0 Å². The number of rotatable bonds is 6. The van der Waals surface area contributed by atoms with E-state index in [0.717, 1.165) is 13.0 Å². The third kappa shape index (κ3) is 4.75. The first kappa shape index (κ1) is 11.9. The Morgan fingerprint density at radius 3 is 2.58 bits per heavy atom. The molecule has 72 valence electrons. The van der Waals surface area contributed by atoms with Crippen LogP contribution in [-0.2, 0) is 0 Å².